The monoisotopic (exact) mass is 493 g/mol. The van der Waals surface area contributed by atoms with Gasteiger partial charge in [-0.25, -0.2) is 10.2 Å². The molecule has 3 aromatic rings. The summed E-state index contributed by atoms with van der Waals surface area (Å²) in [6.07, 6.45) is 0. The van der Waals surface area contributed by atoms with Crippen LogP contribution in [0.2, 0.25) is 5.02 Å². The van der Waals surface area contributed by atoms with Gasteiger partial charge in [0.1, 0.15) is 0 Å². The highest BCUT2D eigenvalue weighted by Crippen LogP contribution is 2.30. The quantitative estimate of drug-likeness (QED) is 0.171. The minimum atomic E-state index is -0.913. The summed E-state index contributed by atoms with van der Waals surface area (Å²) in [5.74, 6) is -1.92. The fraction of sp³-hybridized carbons (Fsp3) is 0.154. The van der Waals surface area contributed by atoms with Crippen LogP contribution in [-0.2, 0) is 9.59 Å². The Labute approximate surface area is 207 Å². The van der Waals surface area contributed by atoms with E-state index in [1.807, 2.05) is 32.0 Å². The first-order valence-electron chi connectivity index (χ1n) is 10.6. The predicted octanol–water partition coefficient (Wildman–Crippen LogP) is 4.66. The summed E-state index contributed by atoms with van der Waals surface area (Å²) in [7, 11) is 1.43. The van der Waals surface area contributed by atoms with E-state index in [2.05, 4.69) is 15.8 Å². The van der Waals surface area contributed by atoms with E-state index < -0.39 is 17.8 Å². The van der Waals surface area contributed by atoms with E-state index in [0.717, 1.165) is 11.1 Å². The van der Waals surface area contributed by atoms with Crippen molar-refractivity contribution in [3.8, 4) is 11.5 Å². The third-order valence-electron chi connectivity index (χ3n) is 5.13. The minimum Gasteiger partial charge on any atom is -0.493 e. The molecule has 180 valence electrons. The van der Waals surface area contributed by atoms with E-state index in [4.69, 9.17) is 21.1 Å². The Morgan fingerprint density at radius 1 is 0.886 bits per heavy atom. The van der Waals surface area contributed by atoms with Crippen LogP contribution in [0.1, 0.15) is 34.0 Å². The third kappa shape index (κ3) is 6.24. The smallest absolute Gasteiger partial charge is 0.345 e. The number of aryl methyl sites for hydroxylation is 2. The van der Waals surface area contributed by atoms with E-state index in [1.54, 1.807) is 43.3 Å². The lowest BCUT2D eigenvalue weighted by atomic mass is 10.1. The van der Waals surface area contributed by atoms with E-state index in [0.29, 0.717) is 17.0 Å². The summed E-state index contributed by atoms with van der Waals surface area (Å²) >= 11 is 6.06. The first-order valence-corrected chi connectivity index (χ1v) is 11.0. The van der Waals surface area contributed by atoms with Crippen molar-refractivity contribution >= 4 is 40.8 Å². The third-order valence-corrected chi connectivity index (χ3v) is 5.46. The Morgan fingerprint density at radius 2 is 1.57 bits per heavy atom. The van der Waals surface area contributed by atoms with Crippen LogP contribution >= 0.6 is 11.6 Å². The van der Waals surface area contributed by atoms with Gasteiger partial charge in [0.2, 0.25) is 0 Å². The summed E-state index contributed by atoms with van der Waals surface area (Å²) in [6.45, 7) is 5.32. The number of hydrazone groups is 1. The fourth-order valence-corrected chi connectivity index (χ4v) is 3.40. The second-order valence-electron chi connectivity index (χ2n) is 7.59. The number of esters is 1. The maximum atomic E-state index is 12.5. The van der Waals surface area contributed by atoms with Crippen molar-refractivity contribution in [2.75, 3.05) is 12.4 Å². The average Bonchev–Trinajstić information content (AvgIpc) is 2.84. The molecule has 8 nitrogen and oxygen atoms in total. The van der Waals surface area contributed by atoms with E-state index in [9.17, 15) is 14.4 Å². The Morgan fingerprint density at radius 3 is 2.23 bits per heavy atom. The molecule has 0 bridgehead atoms. The van der Waals surface area contributed by atoms with Crippen LogP contribution < -0.4 is 20.2 Å². The number of carbonyl (C=O) groups excluding carboxylic acids is 3. The number of carbonyl (C=O) groups is 3. The van der Waals surface area contributed by atoms with Crippen LogP contribution in [0, 0.1) is 13.8 Å². The van der Waals surface area contributed by atoms with Gasteiger partial charge in [0, 0.05) is 11.3 Å². The van der Waals surface area contributed by atoms with Gasteiger partial charge < -0.3 is 14.8 Å². The molecule has 0 unspecified atom stereocenters. The molecule has 0 saturated carbocycles. The molecule has 2 N–H and O–H groups in total. The summed E-state index contributed by atoms with van der Waals surface area (Å²) in [5.41, 5.74) is 5.72. The van der Waals surface area contributed by atoms with Crippen LogP contribution in [0.4, 0.5) is 5.69 Å². The van der Waals surface area contributed by atoms with Gasteiger partial charge >= 0.3 is 17.8 Å². The zero-order valence-electron chi connectivity index (χ0n) is 19.6. The Hall–Kier alpha value is -4.17. The number of anilines is 1. The van der Waals surface area contributed by atoms with Crippen molar-refractivity contribution in [1.82, 2.24) is 5.43 Å². The number of hydrogen-bond acceptors (Lipinski definition) is 6. The standard InChI is InChI=1S/C26H24ClN3O5/c1-15-8-7-9-16(2)23(15)28-24(31)25(32)30-29-17(3)18-12-13-21(22(14-18)34-4)35-26(33)19-10-5-6-11-20(19)27/h5-14H,1-4H3,(H,28,31)(H,30,32)/b29-17+. The summed E-state index contributed by atoms with van der Waals surface area (Å²) in [5, 5.41) is 6.88. The van der Waals surface area contributed by atoms with Crippen LogP contribution in [0.15, 0.2) is 65.8 Å². The number of nitrogens with zero attached hydrogens (tertiary/aromatic N) is 1. The van der Waals surface area contributed by atoms with E-state index >= 15 is 0 Å². The van der Waals surface area contributed by atoms with Gasteiger partial charge in [-0.1, -0.05) is 41.9 Å². The van der Waals surface area contributed by atoms with Crippen LogP contribution in [0.25, 0.3) is 0 Å². The summed E-state index contributed by atoms with van der Waals surface area (Å²) in [4.78, 5) is 37.0. The zero-order chi connectivity index (χ0) is 25.5. The topological polar surface area (TPSA) is 106 Å². The minimum absolute atomic E-state index is 0.186. The molecular weight excluding hydrogens is 470 g/mol. The number of methoxy groups -OCH3 is 1. The Kier molecular flexibility index (Phi) is 8.22. The highest BCUT2D eigenvalue weighted by molar-refractivity contribution is 6.39. The van der Waals surface area contributed by atoms with Gasteiger partial charge in [-0.3, -0.25) is 9.59 Å². The van der Waals surface area contributed by atoms with Gasteiger partial charge in [0.15, 0.2) is 11.5 Å². The molecule has 0 radical (unpaired) electrons. The van der Waals surface area contributed by atoms with Gasteiger partial charge in [0.25, 0.3) is 0 Å². The van der Waals surface area contributed by atoms with Crippen LogP contribution in [-0.4, -0.2) is 30.6 Å². The van der Waals surface area contributed by atoms with Crippen LogP contribution in [0.3, 0.4) is 0 Å². The number of para-hydroxylation sites is 1. The van der Waals surface area contributed by atoms with Crippen molar-refractivity contribution in [2.24, 2.45) is 5.10 Å². The molecule has 35 heavy (non-hydrogen) atoms. The molecule has 0 fully saturated rings. The SMILES string of the molecule is COc1cc(/C(C)=N/NC(=O)C(=O)Nc2c(C)cccc2C)ccc1OC(=O)c1ccccc1Cl. The molecular formula is C26H24ClN3O5. The van der Waals surface area contributed by atoms with Gasteiger partial charge in [-0.2, -0.15) is 5.10 Å². The highest BCUT2D eigenvalue weighted by atomic mass is 35.5. The van der Waals surface area contributed by atoms with Crippen molar-refractivity contribution in [3.63, 3.8) is 0 Å². The Balaban J connectivity index is 1.69. The molecule has 3 aromatic carbocycles. The Bertz CT molecular complexity index is 1300. The first-order chi connectivity index (χ1) is 16.7. The number of halogens is 1. The lowest BCUT2D eigenvalue weighted by Crippen LogP contribution is -2.33. The van der Waals surface area contributed by atoms with E-state index in [1.165, 1.54) is 13.2 Å². The maximum Gasteiger partial charge on any atom is 0.345 e. The molecule has 0 atom stereocenters. The molecule has 2 amide bonds. The predicted molar refractivity (Wildman–Crippen MR) is 134 cm³/mol. The number of nitrogens with one attached hydrogen (secondary N) is 2. The largest absolute Gasteiger partial charge is 0.493 e. The fourth-order valence-electron chi connectivity index (χ4n) is 3.19. The molecule has 0 heterocycles. The van der Waals surface area contributed by atoms with Crippen LogP contribution in [0.5, 0.6) is 11.5 Å². The molecule has 0 aliphatic heterocycles. The summed E-state index contributed by atoms with van der Waals surface area (Å²) in [6, 6.07) is 16.9. The lowest BCUT2D eigenvalue weighted by Gasteiger charge is -2.12. The number of amides is 2. The molecule has 3 rings (SSSR count). The van der Waals surface area contributed by atoms with Crippen molar-refractivity contribution in [2.45, 2.75) is 20.8 Å². The van der Waals surface area contributed by atoms with Gasteiger partial charge in [-0.15, -0.1) is 0 Å². The zero-order valence-corrected chi connectivity index (χ0v) is 20.4. The van der Waals surface area contributed by atoms with Gasteiger partial charge in [0.05, 0.1) is 23.4 Å². The average molecular weight is 494 g/mol. The molecule has 0 aliphatic carbocycles. The van der Waals surface area contributed by atoms with Crippen molar-refractivity contribution in [1.29, 1.82) is 0 Å². The molecule has 0 aromatic heterocycles. The number of rotatable bonds is 6. The highest BCUT2D eigenvalue weighted by Gasteiger charge is 2.17. The molecule has 0 aliphatic rings. The number of ether oxygens (including phenoxy) is 2. The molecule has 9 heteroatoms. The van der Waals surface area contributed by atoms with Gasteiger partial charge in [-0.05, 0) is 62.2 Å². The van der Waals surface area contributed by atoms with E-state index in [-0.39, 0.29) is 22.1 Å². The molecule has 0 saturated heterocycles. The first kappa shape index (κ1) is 25.5. The second-order valence-corrected chi connectivity index (χ2v) is 8.00. The summed E-state index contributed by atoms with van der Waals surface area (Å²) < 4.78 is 10.8. The van der Waals surface area contributed by atoms with Crippen molar-refractivity contribution < 1.29 is 23.9 Å². The normalized spacial score (nSPS) is 10.9. The lowest BCUT2D eigenvalue weighted by molar-refractivity contribution is -0.136. The number of hydrogen-bond donors (Lipinski definition) is 2. The van der Waals surface area contributed by atoms with Crippen molar-refractivity contribution in [3.05, 3.63) is 87.9 Å². The maximum absolute atomic E-state index is 12.5. The molecule has 0 spiro atoms. The second kappa shape index (κ2) is 11.3. The number of benzene rings is 3.